The highest BCUT2D eigenvalue weighted by molar-refractivity contribution is 5.95. The number of halogens is 2. The maximum atomic E-state index is 13.8. The summed E-state index contributed by atoms with van der Waals surface area (Å²) >= 11 is 0. The largest absolute Gasteiger partial charge is 0.370 e. The summed E-state index contributed by atoms with van der Waals surface area (Å²) in [5.41, 5.74) is 4.73. The first-order valence-corrected chi connectivity index (χ1v) is 10.9. The van der Waals surface area contributed by atoms with E-state index in [1.54, 1.807) is 6.07 Å². The predicted octanol–water partition coefficient (Wildman–Crippen LogP) is 1.65. The van der Waals surface area contributed by atoms with Crippen molar-refractivity contribution in [2.45, 2.75) is 39.2 Å². The SMILES string of the molecule is Cc1c2c(n(Cc3ccc(F)c(F)c3)c1C(=O)NCC[NH+]1CCOCC1)CCCC2. The van der Waals surface area contributed by atoms with Crippen molar-refractivity contribution in [2.75, 3.05) is 39.4 Å². The van der Waals surface area contributed by atoms with E-state index < -0.39 is 11.6 Å². The average molecular weight is 419 g/mol. The molecule has 1 aliphatic carbocycles. The number of hydrogen-bond donors (Lipinski definition) is 2. The van der Waals surface area contributed by atoms with Gasteiger partial charge in [-0.25, -0.2) is 8.78 Å². The fourth-order valence-electron chi connectivity index (χ4n) is 4.71. The number of quaternary nitrogens is 1. The van der Waals surface area contributed by atoms with Crippen molar-refractivity contribution in [2.24, 2.45) is 0 Å². The van der Waals surface area contributed by atoms with Crippen LogP contribution in [-0.2, 0) is 24.1 Å². The normalized spacial score (nSPS) is 17.0. The van der Waals surface area contributed by atoms with E-state index in [0.717, 1.165) is 75.9 Å². The van der Waals surface area contributed by atoms with Crippen LogP contribution in [0.15, 0.2) is 18.2 Å². The van der Waals surface area contributed by atoms with Gasteiger partial charge in [-0.2, -0.15) is 0 Å². The van der Waals surface area contributed by atoms with Crippen molar-refractivity contribution < 1.29 is 23.2 Å². The molecule has 0 bridgehead atoms. The first-order chi connectivity index (χ1) is 14.5. The molecule has 1 amide bonds. The van der Waals surface area contributed by atoms with Crippen molar-refractivity contribution in [3.8, 4) is 0 Å². The van der Waals surface area contributed by atoms with E-state index in [-0.39, 0.29) is 5.91 Å². The maximum absolute atomic E-state index is 13.8. The average Bonchev–Trinajstić information content (AvgIpc) is 3.03. The first-order valence-electron chi connectivity index (χ1n) is 10.9. The number of aromatic nitrogens is 1. The lowest BCUT2D eigenvalue weighted by atomic mass is 9.95. The fraction of sp³-hybridized carbons (Fsp3) is 0.522. The Bertz CT molecular complexity index is 920. The summed E-state index contributed by atoms with van der Waals surface area (Å²) in [5, 5.41) is 3.09. The number of benzene rings is 1. The molecule has 0 saturated carbocycles. The molecule has 1 aromatic heterocycles. The molecule has 5 nitrogen and oxygen atoms in total. The van der Waals surface area contributed by atoms with Gasteiger partial charge in [-0.15, -0.1) is 0 Å². The van der Waals surface area contributed by atoms with Gasteiger partial charge in [-0.3, -0.25) is 4.79 Å². The van der Waals surface area contributed by atoms with Gasteiger partial charge in [-0.05, 0) is 61.4 Å². The van der Waals surface area contributed by atoms with Crippen LogP contribution in [0, 0.1) is 18.6 Å². The van der Waals surface area contributed by atoms with Gasteiger partial charge in [0.1, 0.15) is 18.8 Å². The Hall–Kier alpha value is -2.25. The lowest BCUT2D eigenvalue weighted by Crippen LogP contribution is -3.14. The van der Waals surface area contributed by atoms with Crippen LogP contribution < -0.4 is 10.2 Å². The Morgan fingerprint density at radius 2 is 1.93 bits per heavy atom. The monoisotopic (exact) mass is 418 g/mol. The molecule has 2 heterocycles. The van der Waals surface area contributed by atoms with Gasteiger partial charge in [-0.1, -0.05) is 6.07 Å². The van der Waals surface area contributed by atoms with Gasteiger partial charge < -0.3 is 19.5 Å². The summed E-state index contributed by atoms with van der Waals surface area (Å²) in [4.78, 5) is 14.6. The number of nitrogens with one attached hydrogen (secondary N) is 2. The summed E-state index contributed by atoms with van der Waals surface area (Å²) in [7, 11) is 0. The van der Waals surface area contributed by atoms with Crippen molar-refractivity contribution >= 4 is 5.91 Å². The zero-order valence-corrected chi connectivity index (χ0v) is 17.5. The van der Waals surface area contributed by atoms with Crippen molar-refractivity contribution in [1.29, 1.82) is 0 Å². The molecule has 30 heavy (non-hydrogen) atoms. The minimum absolute atomic E-state index is 0.0860. The van der Waals surface area contributed by atoms with E-state index in [0.29, 0.717) is 24.3 Å². The molecular weight excluding hydrogens is 388 g/mol. The Labute approximate surface area is 176 Å². The van der Waals surface area contributed by atoms with Crippen LogP contribution in [0.25, 0.3) is 0 Å². The molecule has 2 aliphatic rings. The summed E-state index contributed by atoms with van der Waals surface area (Å²) in [6, 6.07) is 3.97. The minimum atomic E-state index is -0.857. The maximum Gasteiger partial charge on any atom is 0.268 e. The van der Waals surface area contributed by atoms with E-state index >= 15 is 0 Å². The van der Waals surface area contributed by atoms with Crippen LogP contribution in [-0.4, -0.2) is 49.9 Å². The summed E-state index contributed by atoms with van der Waals surface area (Å²) < 4.78 is 34.5. The molecule has 4 rings (SSSR count). The lowest BCUT2D eigenvalue weighted by molar-refractivity contribution is -0.906. The number of carbonyl (C=O) groups excluding carboxylic acids is 1. The van der Waals surface area contributed by atoms with Crippen LogP contribution >= 0.6 is 0 Å². The number of rotatable bonds is 6. The number of ether oxygens (including phenoxy) is 1. The van der Waals surface area contributed by atoms with Crippen LogP contribution in [0.3, 0.4) is 0 Å². The number of fused-ring (bicyclic) bond motifs is 1. The quantitative estimate of drug-likeness (QED) is 0.750. The summed E-state index contributed by atoms with van der Waals surface area (Å²) in [6.45, 7) is 7.33. The molecule has 2 aromatic rings. The molecule has 0 spiro atoms. The van der Waals surface area contributed by atoms with E-state index in [4.69, 9.17) is 4.74 Å². The highest BCUT2D eigenvalue weighted by Gasteiger charge is 2.26. The van der Waals surface area contributed by atoms with Crippen LogP contribution in [0.5, 0.6) is 0 Å². The standard InChI is InChI=1S/C23H29F2N3O2/c1-16-18-4-2-3-5-21(18)28(15-17-6-7-19(24)20(25)14-17)22(16)23(29)26-8-9-27-10-12-30-13-11-27/h6-7,14H,2-5,8-13,15H2,1H3,(H,26,29)/p+1. The van der Waals surface area contributed by atoms with Crippen molar-refractivity contribution in [3.63, 3.8) is 0 Å². The third kappa shape index (κ3) is 4.42. The molecule has 0 radical (unpaired) electrons. The van der Waals surface area contributed by atoms with E-state index in [2.05, 4.69) is 5.32 Å². The van der Waals surface area contributed by atoms with Crippen molar-refractivity contribution in [3.05, 3.63) is 57.9 Å². The molecule has 1 saturated heterocycles. The Balaban J connectivity index is 1.55. The molecule has 162 valence electrons. The zero-order valence-electron chi connectivity index (χ0n) is 17.5. The van der Waals surface area contributed by atoms with Crippen LogP contribution in [0.1, 0.15) is 45.7 Å². The Kier molecular flexibility index (Phi) is 6.49. The summed E-state index contributed by atoms with van der Waals surface area (Å²) in [6.07, 6.45) is 4.06. The third-order valence-corrected chi connectivity index (χ3v) is 6.35. The zero-order chi connectivity index (χ0) is 21.1. The number of morpholine rings is 1. The van der Waals surface area contributed by atoms with E-state index in [1.807, 2.05) is 11.5 Å². The lowest BCUT2D eigenvalue weighted by Gasteiger charge is -2.23. The second kappa shape index (κ2) is 9.27. The number of hydrogen-bond acceptors (Lipinski definition) is 2. The van der Waals surface area contributed by atoms with Gasteiger partial charge in [0.2, 0.25) is 0 Å². The first kappa shape index (κ1) is 21.0. The highest BCUT2D eigenvalue weighted by Crippen LogP contribution is 2.30. The molecule has 7 heteroatoms. The van der Waals surface area contributed by atoms with Crippen molar-refractivity contribution in [1.82, 2.24) is 9.88 Å². The number of nitrogens with zero attached hydrogens (tertiary/aromatic N) is 1. The van der Waals surface area contributed by atoms with E-state index in [9.17, 15) is 13.6 Å². The van der Waals surface area contributed by atoms with Crippen LogP contribution in [0.4, 0.5) is 8.78 Å². The Morgan fingerprint density at radius 1 is 1.17 bits per heavy atom. The molecule has 1 aromatic carbocycles. The van der Waals surface area contributed by atoms with Gasteiger partial charge >= 0.3 is 0 Å². The van der Waals surface area contributed by atoms with E-state index in [1.165, 1.54) is 16.5 Å². The fourth-order valence-corrected chi connectivity index (χ4v) is 4.71. The number of amides is 1. The molecule has 0 unspecified atom stereocenters. The van der Waals surface area contributed by atoms with Gasteiger partial charge in [0.15, 0.2) is 11.6 Å². The molecular formula is C23H30F2N3O2+. The summed E-state index contributed by atoms with van der Waals surface area (Å²) in [5.74, 6) is -1.80. The predicted molar refractivity (Wildman–Crippen MR) is 110 cm³/mol. The third-order valence-electron chi connectivity index (χ3n) is 6.35. The number of carbonyl (C=O) groups is 1. The second-order valence-electron chi connectivity index (χ2n) is 8.31. The molecule has 1 fully saturated rings. The van der Waals surface area contributed by atoms with Gasteiger partial charge in [0, 0.05) is 12.2 Å². The van der Waals surface area contributed by atoms with Crippen LogP contribution in [0.2, 0.25) is 0 Å². The minimum Gasteiger partial charge on any atom is -0.370 e. The van der Waals surface area contributed by atoms with Gasteiger partial charge in [0.05, 0.1) is 26.3 Å². The second-order valence-corrected chi connectivity index (χ2v) is 8.31. The molecule has 0 atom stereocenters. The van der Waals surface area contributed by atoms with Gasteiger partial charge in [0.25, 0.3) is 5.91 Å². The highest BCUT2D eigenvalue weighted by atomic mass is 19.2. The molecule has 1 aliphatic heterocycles. The topological polar surface area (TPSA) is 47.7 Å². The Morgan fingerprint density at radius 3 is 2.70 bits per heavy atom. The smallest absolute Gasteiger partial charge is 0.268 e. The molecule has 2 N–H and O–H groups in total.